The lowest BCUT2D eigenvalue weighted by atomic mass is 9.79. The molecule has 288 valence electrons. The van der Waals surface area contributed by atoms with E-state index in [1.807, 2.05) is 0 Å². The summed E-state index contributed by atoms with van der Waals surface area (Å²) < 4.78 is 83.0. The normalized spacial score (nSPS) is 22.1. The molecule has 2 aliphatic heterocycles. The summed E-state index contributed by atoms with van der Waals surface area (Å²) in [6, 6.07) is 9.97. The zero-order chi connectivity index (χ0) is 38.7. The lowest BCUT2D eigenvalue weighted by molar-refractivity contribution is -0.254. The molecular weight excluding hydrogens is 710 g/mol. The Bertz CT molecular complexity index is 1880. The molecule has 6 rings (SSSR count). The van der Waals surface area contributed by atoms with Crippen LogP contribution in [-0.4, -0.2) is 72.3 Å². The first-order chi connectivity index (χ1) is 25.7. The summed E-state index contributed by atoms with van der Waals surface area (Å²) >= 11 is 0. The zero-order valence-electron chi connectivity index (χ0n) is 30.3. The summed E-state index contributed by atoms with van der Waals surface area (Å²) in [5.41, 5.74) is 8.36. The third kappa shape index (κ3) is 9.15. The Morgan fingerprint density at radius 2 is 1.70 bits per heavy atom. The van der Waals surface area contributed by atoms with Crippen molar-refractivity contribution in [2.24, 2.45) is 5.11 Å². The van der Waals surface area contributed by atoms with Gasteiger partial charge in [-0.1, -0.05) is 23.3 Å². The van der Waals surface area contributed by atoms with Gasteiger partial charge >= 0.3 is 6.09 Å². The van der Waals surface area contributed by atoms with E-state index in [4.69, 9.17) is 18.9 Å². The molecule has 4 atom stereocenters. The number of benzene rings is 3. The highest BCUT2D eigenvalue weighted by Crippen LogP contribution is 2.46. The molecule has 3 aliphatic rings. The average Bonchev–Trinajstić information content (AvgIpc) is 3.53. The maximum atomic E-state index is 15.6. The number of halogens is 4. The van der Waals surface area contributed by atoms with Gasteiger partial charge in [0.15, 0.2) is 5.79 Å². The average molecular weight is 754 g/mol. The highest BCUT2D eigenvalue weighted by atomic mass is 19.1. The van der Waals surface area contributed by atoms with Crippen molar-refractivity contribution in [3.63, 3.8) is 0 Å². The minimum absolute atomic E-state index is 0.0399. The molecule has 54 heavy (non-hydrogen) atoms. The molecule has 3 fully saturated rings. The molecule has 2 spiro atoms. The van der Waals surface area contributed by atoms with Gasteiger partial charge in [0.25, 0.3) is 0 Å². The van der Waals surface area contributed by atoms with Crippen LogP contribution in [0.15, 0.2) is 65.8 Å². The summed E-state index contributed by atoms with van der Waals surface area (Å²) in [5.74, 6) is -6.06. The number of nitrogens with zero attached hydrogens (tertiary/aromatic N) is 4. The van der Waals surface area contributed by atoms with Crippen LogP contribution in [0.3, 0.4) is 0 Å². The first-order valence-electron chi connectivity index (χ1n) is 17.9. The number of rotatable bonds is 9. The molecule has 3 aromatic carbocycles. The Labute approximate surface area is 310 Å². The van der Waals surface area contributed by atoms with Crippen LogP contribution in [0.25, 0.3) is 10.4 Å². The first-order valence-corrected chi connectivity index (χ1v) is 17.9. The predicted molar refractivity (Wildman–Crippen MR) is 189 cm³/mol. The van der Waals surface area contributed by atoms with Crippen LogP contribution in [0, 0.1) is 23.3 Å². The van der Waals surface area contributed by atoms with E-state index < -0.39 is 70.3 Å². The number of hydrogen-bond donors (Lipinski definition) is 1. The van der Waals surface area contributed by atoms with Crippen molar-refractivity contribution in [2.75, 3.05) is 31.6 Å². The molecule has 0 radical (unpaired) electrons. The van der Waals surface area contributed by atoms with Gasteiger partial charge in [0.1, 0.15) is 34.9 Å². The lowest BCUT2D eigenvalue weighted by Crippen LogP contribution is -2.61. The van der Waals surface area contributed by atoms with E-state index in [9.17, 15) is 28.3 Å². The number of anilines is 1. The van der Waals surface area contributed by atoms with Crippen molar-refractivity contribution in [3.8, 4) is 0 Å². The minimum Gasteiger partial charge on any atom is -0.444 e. The summed E-state index contributed by atoms with van der Waals surface area (Å²) in [7, 11) is 0. The largest absolute Gasteiger partial charge is 0.444 e. The van der Waals surface area contributed by atoms with Crippen LogP contribution in [-0.2, 0) is 30.2 Å². The van der Waals surface area contributed by atoms with E-state index in [0.717, 1.165) is 30.7 Å². The lowest BCUT2D eigenvalue weighted by Gasteiger charge is -2.51. The second-order valence-electron chi connectivity index (χ2n) is 15.1. The molecule has 1 unspecified atom stereocenters. The molecule has 11 nitrogen and oxygen atoms in total. The van der Waals surface area contributed by atoms with E-state index in [0.29, 0.717) is 38.5 Å². The van der Waals surface area contributed by atoms with Gasteiger partial charge in [0.2, 0.25) is 5.91 Å². The van der Waals surface area contributed by atoms with Gasteiger partial charge in [-0.05, 0) is 99.5 Å². The Balaban J connectivity index is 1.26. The molecule has 3 aromatic rings. The van der Waals surface area contributed by atoms with Crippen LogP contribution in [0.2, 0.25) is 0 Å². The van der Waals surface area contributed by atoms with Gasteiger partial charge in [-0.2, -0.15) is 0 Å². The van der Waals surface area contributed by atoms with E-state index in [1.54, 1.807) is 25.7 Å². The van der Waals surface area contributed by atoms with Crippen molar-refractivity contribution in [2.45, 2.75) is 94.3 Å². The Hall–Kier alpha value is -4.69. The van der Waals surface area contributed by atoms with Gasteiger partial charge in [-0.15, -0.1) is 0 Å². The fourth-order valence-corrected chi connectivity index (χ4v) is 7.78. The third-order valence-electron chi connectivity index (χ3n) is 9.89. The first kappa shape index (κ1) is 39.0. The van der Waals surface area contributed by atoms with E-state index >= 15 is 4.39 Å². The molecule has 15 heteroatoms. The maximum Gasteiger partial charge on any atom is 0.410 e. The van der Waals surface area contributed by atoms with Crippen LogP contribution < -0.4 is 5.32 Å². The molecule has 0 aromatic heterocycles. The molecular formula is C39H43F4N5O6. The SMILES string of the molecule is CC(C)(C)OC(=O)N1C[C@@H](CCc2c(F)cccc2NC(=O)[C@@H](N=[N+]=[N-])[C@@H](c2ccc(F)cc2)c2cc(F)cc(F)c2)OC2(CCCC3(C2)OCCO3)C1. The quantitative estimate of drug-likeness (QED) is 0.101. The van der Waals surface area contributed by atoms with Crippen molar-refractivity contribution >= 4 is 17.7 Å². The Kier molecular flexibility index (Phi) is 11.5. The number of nitrogens with one attached hydrogen (secondary N) is 1. The highest BCUT2D eigenvalue weighted by molar-refractivity contribution is 5.96. The van der Waals surface area contributed by atoms with Gasteiger partial charge in [0.05, 0.1) is 38.0 Å². The van der Waals surface area contributed by atoms with Crippen molar-refractivity contribution in [3.05, 3.63) is 111 Å². The Morgan fingerprint density at radius 3 is 2.37 bits per heavy atom. The second kappa shape index (κ2) is 16.0. The van der Waals surface area contributed by atoms with Crippen LogP contribution in [0.1, 0.15) is 75.5 Å². The van der Waals surface area contributed by atoms with Crippen LogP contribution >= 0.6 is 0 Å². The van der Waals surface area contributed by atoms with Crippen molar-refractivity contribution < 1.29 is 46.1 Å². The summed E-state index contributed by atoms with van der Waals surface area (Å²) in [6.45, 7) is 6.71. The maximum absolute atomic E-state index is 15.6. The molecule has 2 amide bonds. The number of carbonyl (C=O) groups excluding carboxylic acids is 2. The van der Waals surface area contributed by atoms with Gasteiger partial charge in [0, 0.05) is 41.0 Å². The number of azide groups is 1. The van der Waals surface area contributed by atoms with E-state index in [2.05, 4.69) is 15.3 Å². The van der Waals surface area contributed by atoms with E-state index in [-0.39, 0.29) is 48.3 Å². The van der Waals surface area contributed by atoms with Gasteiger partial charge in [-0.25, -0.2) is 22.4 Å². The molecule has 2 heterocycles. The molecule has 2 saturated heterocycles. The van der Waals surface area contributed by atoms with Crippen LogP contribution in [0.5, 0.6) is 0 Å². The summed E-state index contributed by atoms with van der Waals surface area (Å²) in [5, 5.41) is 6.36. The van der Waals surface area contributed by atoms with Crippen molar-refractivity contribution in [1.82, 2.24) is 4.90 Å². The third-order valence-corrected chi connectivity index (χ3v) is 9.89. The summed E-state index contributed by atoms with van der Waals surface area (Å²) in [4.78, 5) is 31.9. The van der Waals surface area contributed by atoms with Gasteiger partial charge in [-0.3, -0.25) is 4.79 Å². The number of ether oxygens (including phenoxy) is 4. The predicted octanol–water partition coefficient (Wildman–Crippen LogP) is 8.32. The molecule has 0 bridgehead atoms. The standard InChI is InChI=1S/C39H43F4N5O6/c1-37(2,3)54-36(50)48-21-29(53-38(23-48)14-5-15-39(22-38)51-16-17-52-39)12-13-30-31(43)6-4-7-32(30)45-35(49)34(46-47-44)33(24-8-10-26(40)11-9-24)25-18-27(41)20-28(42)19-25/h4,6-11,18-20,29,33-34H,5,12-17,21-23H2,1-3H3,(H,45,49)/t29-,33+,34+,38?/m1/s1. The fraction of sp³-hybridized carbons (Fsp3) is 0.487. The molecule has 1 N–H and O–H groups in total. The molecule has 1 saturated carbocycles. The fourth-order valence-electron chi connectivity index (χ4n) is 7.78. The van der Waals surface area contributed by atoms with Crippen LogP contribution in [0.4, 0.5) is 28.0 Å². The van der Waals surface area contributed by atoms with E-state index in [1.165, 1.54) is 30.3 Å². The minimum atomic E-state index is -1.64. The topological polar surface area (TPSA) is 135 Å². The van der Waals surface area contributed by atoms with Crippen molar-refractivity contribution in [1.29, 1.82) is 0 Å². The smallest absolute Gasteiger partial charge is 0.410 e. The molecule has 1 aliphatic carbocycles. The highest BCUT2D eigenvalue weighted by Gasteiger charge is 2.53. The Morgan fingerprint density at radius 1 is 1.00 bits per heavy atom. The number of carbonyl (C=O) groups is 2. The second-order valence-corrected chi connectivity index (χ2v) is 15.1. The number of morpholine rings is 1. The number of amides is 2. The zero-order valence-corrected chi connectivity index (χ0v) is 30.3. The monoisotopic (exact) mass is 753 g/mol. The van der Waals surface area contributed by atoms with Gasteiger partial charge < -0.3 is 29.2 Å². The summed E-state index contributed by atoms with van der Waals surface area (Å²) in [6.07, 6.45) is 1.72. The number of hydrogen-bond acceptors (Lipinski definition) is 7.